The number of nitrogens with one attached hydrogen (secondary N) is 1. The Balaban J connectivity index is 2.26. The summed E-state index contributed by atoms with van der Waals surface area (Å²) in [5.41, 5.74) is -0.588. The van der Waals surface area contributed by atoms with Crippen molar-refractivity contribution < 1.29 is 29.1 Å². The lowest BCUT2D eigenvalue weighted by molar-refractivity contribution is -0.385. The molecule has 10 heteroatoms. The van der Waals surface area contributed by atoms with Gasteiger partial charge in [0, 0.05) is 10.9 Å². The van der Waals surface area contributed by atoms with Gasteiger partial charge in [-0.1, -0.05) is 0 Å². The van der Waals surface area contributed by atoms with Crippen LogP contribution in [0.15, 0.2) is 24.3 Å². The van der Waals surface area contributed by atoms with Gasteiger partial charge < -0.3 is 19.9 Å². The molecule has 1 aromatic carbocycles. The predicted molar refractivity (Wildman–Crippen MR) is 93.3 cm³/mol. The molecule has 0 unspecified atom stereocenters. The number of aromatic carboxylic acids is 1. The smallest absolute Gasteiger partial charge is 0.345 e. The summed E-state index contributed by atoms with van der Waals surface area (Å²) in [6, 6.07) is 5.39. The van der Waals surface area contributed by atoms with Crippen molar-refractivity contribution in [3.05, 3.63) is 49.7 Å². The van der Waals surface area contributed by atoms with Crippen LogP contribution in [0, 0.1) is 10.1 Å². The van der Waals surface area contributed by atoms with Crippen molar-refractivity contribution in [3.8, 4) is 11.5 Å². The van der Waals surface area contributed by atoms with Gasteiger partial charge in [0.25, 0.3) is 11.6 Å². The van der Waals surface area contributed by atoms with Gasteiger partial charge in [-0.25, -0.2) is 4.79 Å². The van der Waals surface area contributed by atoms with Crippen LogP contribution >= 0.6 is 11.3 Å². The number of amides is 1. The van der Waals surface area contributed by atoms with Crippen molar-refractivity contribution in [3.63, 3.8) is 0 Å². The fraction of sp³-hybridized carbons (Fsp3) is 0.250. The third-order valence-electron chi connectivity index (χ3n) is 3.32. The Kier molecular flexibility index (Phi) is 6.12. The summed E-state index contributed by atoms with van der Waals surface area (Å²) in [5.74, 6) is -1.36. The molecule has 0 spiro atoms. The Hall–Kier alpha value is -3.14. The molecule has 0 saturated heterocycles. The summed E-state index contributed by atoms with van der Waals surface area (Å²) in [5, 5.41) is 22.7. The first-order chi connectivity index (χ1) is 12.4. The summed E-state index contributed by atoms with van der Waals surface area (Å²) >= 11 is 1.01. The normalized spacial score (nSPS) is 10.2. The first kappa shape index (κ1) is 19.2. The zero-order valence-electron chi connectivity index (χ0n) is 14.0. The number of carboxylic acids is 1. The number of rotatable bonds is 8. The lowest BCUT2D eigenvalue weighted by Crippen LogP contribution is -2.23. The van der Waals surface area contributed by atoms with Crippen molar-refractivity contribution in [1.82, 2.24) is 5.32 Å². The molecule has 2 aromatic rings. The summed E-state index contributed by atoms with van der Waals surface area (Å²) in [6.07, 6.45) is 0. The van der Waals surface area contributed by atoms with Crippen LogP contribution in [0.1, 0.15) is 31.8 Å². The summed E-state index contributed by atoms with van der Waals surface area (Å²) in [6.45, 7) is 2.07. The van der Waals surface area contributed by atoms with Gasteiger partial charge in [0.05, 0.1) is 31.3 Å². The van der Waals surface area contributed by atoms with E-state index in [1.54, 1.807) is 13.0 Å². The van der Waals surface area contributed by atoms with Gasteiger partial charge in [0.15, 0.2) is 11.5 Å². The van der Waals surface area contributed by atoms with E-state index in [1.807, 2.05) is 0 Å². The molecule has 26 heavy (non-hydrogen) atoms. The Labute approximate surface area is 152 Å². The fourth-order valence-electron chi connectivity index (χ4n) is 2.16. The number of hydrogen-bond donors (Lipinski definition) is 2. The number of carbonyl (C=O) groups excluding carboxylic acids is 1. The molecule has 0 aliphatic heterocycles. The zero-order valence-corrected chi connectivity index (χ0v) is 14.8. The molecule has 1 aromatic heterocycles. The van der Waals surface area contributed by atoms with E-state index in [-0.39, 0.29) is 28.5 Å². The number of ether oxygens (including phenoxy) is 2. The first-order valence-electron chi connectivity index (χ1n) is 7.46. The predicted octanol–water partition coefficient (Wildman–Crippen LogP) is 2.69. The van der Waals surface area contributed by atoms with Crippen molar-refractivity contribution >= 4 is 28.9 Å². The van der Waals surface area contributed by atoms with Gasteiger partial charge in [-0.2, -0.15) is 0 Å². The Morgan fingerprint density at radius 1 is 1.31 bits per heavy atom. The van der Waals surface area contributed by atoms with Gasteiger partial charge >= 0.3 is 5.97 Å². The van der Waals surface area contributed by atoms with E-state index < -0.39 is 22.5 Å². The van der Waals surface area contributed by atoms with Crippen LogP contribution in [0.3, 0.4) is 0 Å². The van der Waals surface area contributed by atoms with E-state index in [9.17, 15) is 19.7 Å². The first-order valence-corrected chi connectivity index (χ1v) is 8.28. The van der Waals surface area contributed by atoms with Crippen molar-refractivity contribution in [1.29, 1.82) is 0 Å². The molecule has 0 bridgehead atoms. The van der Waals surface area contributed by atoms with Gasteiger partial charge in [-0.3, -0.25) is 14.9 Å². The van der Waals surface area contributed by atoms with E-state index in [4.69, 9.17) is 14.6 Å². The minimum absolute atomic E-state index is 0.0456. The van der Waals surface area contributed by atoms with Crippen LogP contribution in [-0.4, -0.2) is 35.6 Å². The lowest BCUT2D eigenvalue weighted by atomic mass is 10.1. The van der Waals surface area contributed by atoms with E-state index in [0.29, 0.717) is 11.5 Å². The van der Waals surface area contributed by atoms with Crippen LogP contribution in [-0.2, 0) is 6.54 Å². The van der Waals surface area contributed by atoms with Crippen LogP contribution in [0.25, 0.3) is 0 Å². The lowest BCUT2D eigenvalue weighted by Gasteiger charge is -2.12. The SMILES string of the molecule is CCOc1cc(C(=O)NCc2ccc(C(=O)O)s2)c([N+](=O)[O-])cc1OC. The molecule has 138 valence electrons. The van der Waals surface area contributed by atoms with Gasteiger partial charge in [0.2, 0.25) is 0 Å². The number of methoxy groups -OCH3 is 1. The standard InChI is InChI=1S/C16H16N2O7S/c1-3-25-13-6-10(11(18(22)23)7-12(13)24-2)15(19)17-8-9-4-5-14(26-9)16(20)21/h4-7H,3,8H2,1-2H3,(H,17,19)(H,20,21). The molecular formula is C16H16N2O7S. The molecule has 0 aliphatic carbocycles. The molecule has 2 rings (SSSR count). The molecule has 1 amide bonds. The molecule has 9 nitrogen and oxygen atoms in total. The summed E-state index contributed by atoms with van der Waals surface area (Å²) < 4.78 is 10.4. The number of thiophene rings is 1. The number of nitro benzene ring substituents is 1. The molecule has 0 aliphatic rings. The molecular weight excluding hydrogens is 364 g/mol. The minimum atomic E-state index is -1.06. The third kappa shape index (κ3) is 4.28. The second-order valence-electron chi connectivity index (χ2n) is 4.96. The molecule has 0 fully saturated rings. The highest BCUT2D eigenvalue weighted by molar-refractivity contribution is 7.13. The highest BCUT2D eigenvalue weighted by Gasteiger charge is 2.24. The van der Waals surface area contributed by atoms with Crippen LogP contribution in [0.2, 0.25) is 0 Å². The summed E-state index contributed by atoms with van der Waals surface area (Å²) in [7, 11) is 1.35. The maximum atomic E-state index is 12.4. The maximum Gasteiger partial charge on any atom is 0.345 e. The van der Waals surface area contributed by atoms with E-state index >= 15 is 0 Å². The van der Waals surface area contributed by atoms with Crippen molar-refractivity contribution in [2.75, 3.05) is 13.7 Å². The monoisotopic (exact) mass is 380 g/mol. The third-order valence-corrected chi connectivity index (χ3v) is 4.39. The Morgan fingerprint density at radius 2 is 2.04 bits per heavy atom. The number of hydrogen-bond acceptors (Lipinski definition) is 7. The quantitative estimate of drug-likeness (QED) is 0.532. The van der Waals surface area contributed by atoms with Crippen molar-refractivity contribution in [2.24, 2.45) is 0 Å². The van der Waals surface area contributed by atoms with Gasteiger partial charge in [-0.15, -0.1) is 11.3 Å². The molecule has 2 N–H and O–H groups in total. The van der Waals surface area contributed by atoms with Crippen LogP contribution < -0.4 is 14.8 Å². The van der Waals surface area contributed by atoms with Gasteiger partial charge in [-0.05, 0) is 19.1 Å². The van der Waals surface area contributed by atoms with E-state index in [0.717, 1.165) is 17.4 Å². The molecule has 1 heterocycles. The number of benzene rings is 1. The van der Waals surface area contributed by atoms with E-state index in [1.165, 1.54) is 19.2 Å². The Morgan fingerprint density at radius 3 is 2.58 bits per heavy atom. The minimum Gasteiger partial charge on any atom is -0.493 e. The number of carbonyl (C=O) groups is 2. The number of carboxylic acid groups (broad SMARTS) is 1. The fourth-order valence-corrected chi connectivity index (χ4v) is 2.95. The van der Waals surface area contributed by atoms with Gasteiger partial charge in [0.1, 0.15) is 10.4 Å². The summed E-state index contributed by atoms with van der Waals surface area (Å²) in [4.78, 5) is 34.6. The van der Waals surface area contributed by atoms with Crippen molar-refractivity contribution in [2.45, 2.75) is 13.5 Å². The van der Waals surface area contributed by atoms with Crippen LogP contribution in [0.4, 0.5) is 5.69 Å². The maximum absolute atomic E-state index is 12.4. The second-order valence-corrected chi connectivity index (χ2v) is 6.13. The van der Waals surface area contributed by atoms with E-state index in [2.05, 4.69) is 5.32 Å². The molecule has 0 atom stereocenters. The average molecular weight is 380 g/mol. The molecule has 0 saturated carbocycles. The number of nitro groups is 1. The highest BCUT2D eigenvalue weighted by Crippen LogP contribution is 2.34. The van der Waals surface area contributed by atoms with Crippen LogP contribution in [0.5, 0.6) is 11.5 Å². The topological polar surface area (TPSA) is 128 Å². The average Bonchev–Trinajstić information content (AvgIpc) is 3.08. The highest BCUT2D eigenvalue weighted by atomic mass is 32.1. The Bertz CT molecular complexity index is 847. The molecule has 0 radical (unpaired) electrons. The number of nitrogens with zero attached hydrogens (tertiary/aromatic N) is 1. The zero-order chi connectivity index (χ0) is 19.3. The second kappa shape index (κ2) is 8.30. The largest absolute Gasteiger partial charge is 0.493 e.